The van der Waals surface area contributed by atoms with E-state index in [1.165, 1.54) is 24.3 Å². The zero-order chi connectivity index (χ0) is 16.4. The third-order valence-electron chi connectivity index (χ3n) is 4.02. The number of aryl methyl sites for hydroxylation is 1. The second kappa shape index (κ2) is 6.20. The van der Waals surface area contributed by atoms with Gasteiger partial charge in [-0.15, -0.1) is 10.2 Å². The molecule has 7 heteroatoms. The smallest absolute Gasteiger partial charge is 0.335 e. The summed E-state index contributed by atoms with van der Waals surface area (Å²) < 4.78 is 2.07. The van der Waals surface area contributed by atoms with Gasteiger partial charge in [-0.1, -0.05) is 0 Å². The minimum Gasteiger partial charge on any atom is -0.478 e. The molecule has 2 aromatic rings. The quantitative estimate of drug-likeness (QED) is 0.897. The molecule has 23 heavy (non-hydrogen) atoms. The lowest BCUT2D eigenvalue weighted by Gasteiger charge is -2.18. The minimum absolute atomic E-state index is 0.154. The maximum Gasteiger partial charge on any atom is 0.335 e. The first-order valence-electron chi connectivity index (χ1n) is 7.62. The predicted molar refractivity (Wildman–Crippen MR) is 82.2 cm³/mol. The Bertz CT molecular complexity index is 736. The summed E-state index contributed by atoms with van der Waals surface area (Å²) in [6.07, 6.45) is 3.13. The van der Waals surface area contributed by atoms with Crippen LogP contribution in [-0.4, -0.2) is 31.7 Å². The number of benzene rings is 1. The van der Waals surface area contributed by atoms with Crippen molar-refractivity contribution in [2.24, 2.45) is 0 Å². The first kappa shape index (κ1) is 15.2. The Hall–Kier alpha value is -2.70. The predicted octanol–water partition coefficient (Wildman–Crippen LogP) is 1.80. The van der Waals surface area contributed by atoms with Gasteiger partial charge in [0.1, 0.15) is 5.82 Å². The van der Waals surface area contributed by atoms with E-state index in [9.17, 15) is 9.59 Å². The number of amides is 1. The van der Waals surface area contributed by atoms with Gasteiger partial charge in [-0.05, 0) is 44.0 Å². The second-order valence-corrected chi connectivity index (χ2v) is 5.66. The van der Waals surface area contributed by atoms with Crippen molar-refractivity contribution in [2.75, 3.05) is 0 Å². The molecule has 0 bridgehead atoms. The Labute approximate surface area is 133 Å². The summed E-state index contributed by atoms with van der Waals surface area (Å²) in [7, 11) is 0. The number of carboxylic acid groups (broad SMARTS) is 1. The van der Waals surface area contributed by atoms with Crippen LogP contribution in [0.2, 0.25) is 0 Å². The summed E-state index contributed by atoms with van der Waals surface area (Å²) in [6, 6.07) is 5.58. The molecule has 120 valence electrons. The Kier molecular flexibility index (Phi) is 4.10. The van der Waals surface area contributed by atoms with Crippen LogP contribution >= 0.6 is 0 Å². The number of hydrogen-bond donors (Lipinski definition) is 2. The topological polar surface area (TPSA) is 97.1 Å². The largest absolute Gasteiger partial charge is 0.478 e. The summed E-state index contributed by atoms with van der Waals surface area (Å²) in [5.74, 6) is 0.455. The molecule has 7 nitrogen and oxygen atoms in total. The van der Waals surface area contributed by atoms with Crippen molar-refractivity contribution in [1.82, 2.24) is 20.1 Å². The first-order valence-corrected chi connectivity index (χ1v) is 7.62. The van der Waals surface area contributed by atoms with Crippen LogP contribution in [0.4, 0.5) is 0 Å². The number of hydrogen-bond acceptors (Lipinski definition) is 4. The van der Waals surface area contributed by atoms with Gasteiger partial charge < -0.3 is 15.0 Å². The van der Waals surface area contributed by atoms with Crippen molar-refractivity contribution >= 4 is 11.9 Å². The molecule has 2 heterocycles. The van der Waals surface area contributed by atoms with Crippen molar-refractivity contribution in [3.05, 3.63) is 47.0 Å². The van der Waals surface area contributed by atoms with Gasteiger partial charge in [0, 0.05) is 18.5 Å². The second-order valence-electron chi connectivity index (χ2n) is 5.66. The number of carbonyl (C=O) groups is 2. The summed E-state index contributed by atoms with van der Waals surface area (Å²) >= 11 is 0. The van der Waals surface area contributed by atoms with Crippen molar-refractivity contribution in [3.63, 3.8) is 0 Å². The van der Waals surface area contributed by atoms with Crippen molar-refractivity contribution in [2.45, 2.75) is 38.8 Å². The van der Waals surface area contributed by atoms with Crippen molar-refractivity contribution in [3.8, 4) is 0 Å². The minimum atomic E-state index is -1.01. The van der Waals surface area contributed by atoms with Crippen LogP contribution in [-0.2, 0) is 13.0 Å². The van der Waals surface area contributed by atoms with Gasteiger partial charge in [0.05, 0.1) is 11.6 Å². The van der Waals surface area contributed by atoms with Crippen molar-refractivity contribution in [1.29, 1.82) is 0 Å². The highest BCUT2D eigenvalue weighted by atomic mass is 16.4. The SMILES string of the molecule is CC(NC(=O)c1ccc(C(=O)O)cc1)c1nnc2n1CCCC2. The highest BCUT2D eigenvalue weighted by molar-refractivity contribution is 5.96. The summed E-state index contributed by atoms with van der Waals surface area (Å²) in [4.78, 5) is 23.1. The summed E-state index contributed by atoms with van der Waals surface area (Å²) in [6.45, 7) is 2.75. The van der Waals surface area contributed by atoms with E-state index in [-0.39, 0.29) is 17.5 Å². The molecule has 1 aliphatic rings. The Morgan fingerprint density at radius 1 is 1.17 bits per heavy atom. The highest BCUT2D eigenvalue weighted by Crippen LogP contribution is 2.19. The van der Waals surface area contributed by atoms with Gasteiger partial charge in [0.25, 0.3) is 5.91 Å². The van der Waals surface area contributed by atoms with Crippen molar-refractivity contribution < 1.29 is 14.7 Å². The van der Waals surface area contributed by atoms with E-state index in [1.807, 2.05) is 6.92 Å². The lowest BCUT2D eigenvalue weighted by atomic mass is 10.1. The Morgan fingerprint density at radius 3 is 2.57 bits per heavy atom. The molecule has 1 amide bonds. The molecule has 0 spiro atoms. The molecule has 0 saturated heterocycles. The number of rotatable bonds is 4. The Balaban J connectivity index is 1.72. The molecule has 1 aromatic heterocycles. The third kappa shape index (κ3) is 3.08. The molecule has 0 saturated carbocycles. The fraction of sp³-hybridized carbons (Fsp3) is 0.375. The monoisotopic (exact) mass is 314 g/mol. The van der Waals surface area contributed by atoms with Crippen LogP contribution in [0.15, 0.2) is 24.3 Å². The zero-order valence-corrected chi connectivity index (χ0v) is 12.8. The Morgan fingerprint density at radius 2 is 1.87 bits per heavy atom. The molecule has 0 fully saturated rings. The highest BCUT2D eigenvalue weighted by Gasteiger charge is 2.21. The van der Waals surface area contributed by atoms with E-state index in [1.54, 1.807) is 0 Å². The number of nitrogens with one attached hydrogen (secondary N) is 1. The molecule has 2 N–H and O–H groups in total. The lowest BCUT2D eigenvalue weighted by molar-refractivity contribution is 0.0696. The number of fused-ring (bicyclic) bond motifs is 1. The molecule has 0 radical (unpaired) electrons. The van der Waals surface area contributed by atoms with Crippen LogP contribution in [0.1, 0.15) is 58.2 Å². The third-order valence-corrected chi connectivity index (χ3v) is 4.02. The van der Waals surface area contributed by atoms with Gasteiger partial charge in [-0.25, -0.2) is 4.79 Å². The fourth-order valence-corrected chi connectivity index (χ4v) is 2.76. The average molecular weight is 314 g/mol. The van der Waals surface area contributed by atoms with Gasteiger partial charge in [0.15, 0.2) is 5.82 Å². The van der Waals surface area contributed by atoms with E-state index in [2.05, 4.69) is 20.1 Å². The molecule has 3 rings (SSSR count). The van der Waals surface area contributed by atoms with Gasteiger partial charge in [-0.2, -0.15) is 0 Å². The van der Waals surface area contributed by atoms with Crippen LogP contribution in [0.3, 0.4) is 0 Å². The molecule has 1 atom stereocenters. The van der Waals surface area contributed by atoms with E-state index in [4.69, 9.17) is 5.11 Å². The van der Waals surface area contributed by atoms with E-state index < -0.39 is 5.97 Å². The molecule has 1 unspecified atom stereocenters. The standard InChI is InChI=1S/C16H18N4O3/c1-10(14-19-18-13-4-2-3-9-20(13)14)17-15(21)11-5-7-12(8-6-11)16(22)23/h5-8,10H,2-4,9H2,1H3,(H,17,21)(H,22,23). The zero-order valence-electron chi connectivity index (χ0n) is 12.8. The van der Waals surface area contributed by atoms with Crippen LogP contribution < -0.4 is 5.32 Å². The van der Waals surface area contributed by atoms with Gasteiger partial charge >= 0.3 is 5.97 Å². The molecule has 1 aliphatic heterocycles. The molecule has 0 aliphatic carbocycles. The molecular formula is C16H18N4O3. The van der Waals surface area contributed by atoms with Crippen LogP contribution in [0.25, 0.3) is 0 Å². The number of carbonyl (C=O) groups excluding carboxylic acids is 1. The lowest BCUT2D eigenvalue weighted by Crippen LogP contribution is -2.29. The number of carboxylic acids is 1. The number of aromatic carboxylic acids is 1. The number of aromatic nitrogens is 3. The average Bonchev–Trinajstić information content (AvgIpc) is 2.99. The fourth-order valence-electron chi connectivity index (χ4n) is 2.76. The molecule has 1 aromatic carbocycles. The normalized spacial score (nSPS) is 14.8. The van der Waals surface area contributed by atoms with Gasteiger partial charge in [-0.3, -0.25) is 4.79 Å². The maximum atomic E-state index is 12.3. The van der Waals surface area contributed by atoms with Crippen LogP contribution in [0, 0.1) is 0 Å². The van der Waals surface area contributed by atoms with E-state index in [0.717, 1.165) is 37.5 Å². The summed E-state index contributed by atoms with van der Waals surface area (Å²) in [5, 5.41) is 20.2. The number of nitrogens with zero attached hydrogens (tertiary/aromatic N) is 3. The van der Waals surface area contributed by atoms with Crippen LogP contribution in [0.5, 0.6) is 0 Å². The maximum absolute atomic E-state index is 12.3. The van der Waals surface area contributed by atoms with Gasteiger partial charge in [0.2, 0.25) is 0 Å². The summed E-state index contributed by atoms with van der Waals surface area (Å²) in [5.41, 5.74) is 0.571. The van der Waals surface area contributed by atoms with E-state index >= 15 is 0 Å². The van der Waals surface area contributed by atoms with E-state index in [0.29, 0.717) is 5.56 Å². The first-order chi connectivity index (χ1) is 11.1. The molecular weight excluding hydrogens is 296 g/mol.